The maximum atomic E-state index is 8.71. The molecular weight excluding hydrogens is 446 g/mol. The smallest absolute Gasteiger partial charge is 1.00 e. The van der Waals surface area contributed by atoms with Gasteiger partial charge in [-0.25, -0.2) is 12.1 Å². The average Bonchev–Trinajstić information content (AvgIpc) is 3.03. The summed E-state index contributed by atoms with van der Waals surface area (Å²) in [5.74, 6) is 0. The van der Waals surface area contributed by atoms with Crippen LogP contribution in [0.25, 0.3) is 0 Å². The predicted molar refractivity (Wildman–Crippen MR) is 102 cm³/mol. The Labute approximate surface area is 187 Å². The van der Waals surface area contributed by atoms with Crippen molar-refractivity contribution < 1.29 is 56.1 Å². The van der Waals surface area contributed by atoms with Crippen molar-refractivity contribution in [2.45, 2.75) is 60.6 Å². The van der Waals surface area contributed by atoms with Crippen molar-refractivity contribution in [2.75, 3.05) is 6.61 Å². The summed E-state index contributed by atoms with van der Waals surface area (Å²) in [4.78, 5) is 0. The van der Waals surface area contributed by atoms with E-state index in [1.165, 1.54) is 33.4 Å². The molecule has 1 nitrogen and oxygen atoms in total. The van der Waals surface area contributed by atoms with E-state index in [4.69, 9.17) is 5.11 Å². The minimum Gasteiger partial charge on any atom is -1.00 e. The number of aliphatic hydroxyl groups excluding tert-OH is 1. The number of rotatable bonds is 4. The number of hydrogen-bond donors (Lipinski definition) is 1. The van der Waals surface area contributed by atoms with Gasteiger partial charge in [-0.1, -0.05) is 47.7 Å². The van der Waals surface area contributed by atoms with Crippen molar-refractivity contribution >= 4 is 14.0 Å². The van der Waals surface area contributed by atoms with Crippen LogP contribution in [0.5, 0.6) is 0 Å². The summed E-state index contributed by atoms with van der Waals surface area (Å²) in [6.07, 6.45) is 1.95. The second-order valence-corrected chi connectivity index (χ2v) is 9.54. The normalized spacial score (nSPS) is 9.48. The zero-order chi connectivity index (χ0) is 16.9. The molecule has 2 aromatic rings. The van der Waals surface area contributed by atoms with Crippen LogP contribution in [0, 0.1) is 34.6 Å². The Bertz CT molecular complexity index is 523. The predicted octanol–water partition coefficient (Wildman–Crippen LogP) is -2.02. The van der Waals surface area contributed by atoms with Crippen LogP contribution < -0.4 is 30.0 Å². The molecule has 0 spiro atoms. The molecule has 0 unspecified atom stereocenters. The van der Waals surface area contributed by atoms with Crippen molar-refractivity contribution in [1.82, 2.24) is 0 Å². The zero-order valence-electron chi connectivity index (χ0n) is 16.6. The molecule has 0 amide bonds. The topological polar surface area (TPSA) is 20.2 Å². The van der Waals surface area contributed by atoms with Crippen LogP contribution in [-0.4, -0.2) is 20.5 Å². The summed E-state index contributed by atoms with van der Waals surface area (Å²) in [7, 11) is -0.644. The number of halogens is 2. The maximum Gasteiger partial charge on any atom is 4.00 e. The van der Waals surface area contributed by atoms with Crippen molar-refractivity contribution in [3.63, 3.8) is 0 Å². The molecule has 0 saturated carbocycles. The molecule has 5 heteroatoms. The summed E-state index contributed by atoms with van der Waals surface area (Å²) < 4.78 is 0. The van der Waals surface area contributed by atoms with E-state index in [1.807, 2.05) is 0 Å². The van der Waals surface area contributed by atoms with Gasteiger partial charge in [0.25, 0.3) is 0 Å². The van der Waals surface area contributed by atoms with E-state index in [1.54, 1.807) is 5.19 Å². The van der Waals surface area contributed by atoms with Crippen LogP contribution in [0.3, 0.4) is 0 Å². The molecule has 0 heterocycles. The third-order valence-electron chi connectivity index (χ3n) is 4.98. The quantitative estimate of drug-likeness (QED) is 0.397. The minimum absolute atomic E-state index is 0. The second-order valence-electron chi connectivity index (χ2n) is 6.61. The van der Waals surface area contributed by atoms with Gasteiger partial charge in [0.05, 0.1) is 0 Å². The van der Waals surface area contributed by atoms with E-state index in [0.29, 0.717) is 6.61 Å². The third kappa shape index (κ3) is 8.26. The van der Waals surface area contributed by atoms with Gasteiger partial charge < -0.3 is 29.9 Å². The van der Waals surface area contributed by atoms with E-state index in [0.717, 1.165) is 12.8 Å². The fraction of sp³-hybridized carbons (Fsp3) is 0.500. The van der Waals surface area contributed by atoms with Crippen LogP contribution in [0.1, 0.15) is 39.8 Å². The zero-order valence-corrected chi connectivity index (χ0v) is 21.8. The minimum atomic E-state index is -0.644. The van der Waals surface area contributed by atoms with Crippen molar-refractivity contribution in [2.24, 2.45) is 0 Å². The molecular formula is C20H32Cl2OSiZr. The van der Waals surface area contributed by atoms with Gasteiger partial charge in [0.15, 0.2) is 0 Å². The molecule has 0 bridgehead atoms. The molecule has 140 valence electrons. The van der Waals surface area contributed by atoms with E-state index in [2.05, 4.69) is 65.9 Å². The fourth-order valence-electron chi connectivity index (χ4n) is 2.94. The van der Waals surface area contributed by atoms with Gasteiger partial charge in [-0.3, -0.25) is 0 Å². The molecule has 0 aliphatic carbocycles. The summed E-state index contributed by atoms with van der Waals surface area (Å²) in [5, 5.41) is 10.3. The van der Waals surface area contributed by atoms with Gasteiger partial charge in [-0.15, -0.1) is 0 Å². The largest absolute Gasteiger partial charge is 4.00 e. The molecule has 1 N–H and O–H groups in total. The van der Waals surface area contributed by atoms with Gasteiger partial charge in [0, 0.05) is 15.4 Å². The molecule has 25 heavy (non-hydrogen) atoms. The van der Waals surface area contributed by atoms with E-state index in [9.17, 15) is 0 Å². The summed E-state index contributed by atoms with van der Waals surface area (Å²) in [6, 6.07) is 6.57. The first-order chi connectivity index (χ1) is 10.3. The maximum absolute atomic E-state index is 8.71. The summed E-state index contributed by atoms with van der Waals surface area (Å²) in [6.45, 7) is 16.0. The molecule has 0 radical (unpaired) electrons. The van der Waals surface area contributed by atoms with Gasteiger partial charge >= 0.3 is 26.2 Å². The van der Waals surface area contributed by atoms with Crippen molar-refractivity contribution in [3.8, 4) is 0 Å². The monoisotopic (exact) mass is 476 g/mol. The Hall–Kier alpha value is 0.340. The van der Waals surface area contributed by atoms with Crippen LogP contribution in [0.4, 0.5) is 0 Å². The van der Waals surface area contributed by atoms with Crippen LogP contribution in [0.15, 0.2) is 18.2 Å². The first-order valence-corrected chi connectivity index (χ1v) is 11.2. The molecule has 0 aliphatic heterocycles. The van der Waals surface area contributed by atoms with Gasteiger partial charge in [0.1, 0.15) is 0 Å². The Morgan fingerprint density at radius 3 is 1.80 bits per heavy atom. The van der Waals surface area contributed by atoms with Crippen LogP contribution >= 0.6 is 0 Å². The molecule has 2 aromatic carbocycles. The van der Waals surface area contributed by atoms with Crippen molar-refractivity contribution in [3.05, 3.63) is 51.6 Å². The Morgan fingerprint density at radius 1 is 1.00 bits per heavy atom. The third-order valence-corrected chi connectivity index (χ3v) is 6.79. The summed E-state index contributed by atoms with van der Waals surface area (Å²) >= 11 is 0. The number of aliphatic hydroxyl groups is 1. The van der Waals surface area contributed by atoms with Crippen LogP contribution in [-0.2, 0) is 32.6 Å². The fourth-order valence-corrected chi connectivity index (χ4v) is 4.42. The van der Waals surface area contributed by atoms with Gasteiger partial charge in [-0.05, 0) is 12.8 Å². The molecule has 0 atom stereocenters. The SMILES string of the molecule is C[SiH](C)[c-]1cccc1CCCO.Cc1c(C)c(C)[c-](C)c1C.[Cl-].[Cl-].[Zr+4]. The van der Waals surface area contributed by atoms with Crippen molar-refractivity contribution in [1.29, 1.82) is 0 Å². The molecule has 0 fully saturated rings. The first kappa shape index (κ1) is 30.1. The molecule has 2 rings (SSSR count). The standard InChI is InChI=1S/C10H17OSi.C10H15.2ClH.Zr/c1-12(2)10-7-3-5-9(10)6-4-8-11;1-6-7(2)9(4)10(5)8(6)3;;;/h3,5,7,11-12H,4,6,8H2,1-2H3;1-5H3;2*1H;/q2*-1;;;+4/p-2. The van der Waals surface area contributed by atoms with Crippen LogP contribution in [0.2, 0.25) is 13.1 Å². The first-order valence-electron chi connectivity index (χ1n) is 8.36. The number of hydrogen-bond acceptors (Lipinski definition) is 1. The van der Waals surface area contributed by atoms with Gasteiger partial charge in [-0.2, -0.15) is 44.6 Å². The second kappa shape index (κ2) is 14.4. The van der Waals surface area contributed by atoms with E-state index >= 15 is 0 Å². The van der Waals surface area contributed by atoms with Gasteiger partial charge in [0.2, 0.25) is 0 Å². The molecule has 0 aromatic heterocycles. The van der Waals surface area contributed by atoms with E-state index < -0.39 is 8.80 Å². The Balaban J connectivity index is -0.000000350. The average molecular weight is 479 g/mol. The summed E-state index contributed by atoms with van der Waals surface area (Å²) in [5.41, 5.74) is 8.80. The van der Waals surface area contributed by atoms with E-state index in [-0.39, 0.29) is 51.0 Å². The number of aryl methyl sites for hydroxylation is 1. The molecule has 0 saturated heterocycles. The molecule has 0 aliphatic rings. The Morgan fingerprint density at radius 2 is 1.48 bits per heavy atom. The Kier molecular flexibility index (Phi) is 17.3.